The van der Waals surface area contributed by atoms with Crippen LogP contribution in [0, 0.1) is 11.8 Å². The number of ether oxygens (including phenoxy) is 2. The van der Waals surface area contributed by atoms with E-state index in [0.717, 1.165) is 33.7 Å². The molecule has 0 saturated carbocycles. The first-order chi connectivity index (χ1) is 21.2. The molecular formula is C37H42N2O5. The van der Waals surface area contributed by atoms with Crippen molar-refractivity contribution in [2.24, 2.45) is 11.8 Å². The maximum atomic E-state index is 14.5. The van der Waals surface area contributed by atoms with Crippen LogP contribution in [-0.4, -0.2) is 54.2 Å². The number of benzene rings is 3. The number of carbonyl (C=O) groups is 2. The van der Waals surface area contributed by atoms with Crippen molar-refractivity contribution in [2.75, 3.05) is 25.2 Å². The lowest BCUT2D eigenvalue weighted by molar-refractivity contribution is -0.151. The highest BCUT2D eigenvalue weighted by Crippen LogP contribution is 2.59. The average molecular weight is 595 g/mol. The molecular weight excluding hydrogens is 552 g/mol. The van der Waals surface area contributed by atoms with Gasteiger partial charge in [-0.2, -0.15) is 0 Å². The zero-order valence-corrected chi connectivity index (χ0v) is 26.0. The second-order valence-corrected chi connectivity index (χ2v) is 12.9. The summed E-state index contributed by atoms with van der Waals surface area (Å²) in [4.78, 5) is 32.2. The van der Waals surface area contributed by atoms with Gasteiger partial charge in [-0.3, -0.25) is 9.59 Å². The molecule has 1 N–H and O–H groups in total. The highest BCUT2D eigenvalue weighted by molar-refractivity contribution is 6.07. The van der Waals surface area contributed by atoms with Crippen LogP contribution in [0.1, 0.15) is 49.4 Å². The molecule has 6 rings (SSSR count). The number of amides is 2. The molecule has 3 aliphatic heterocycles. The van der Waals surface area contributed by atoms with E-state index in [-0.39, 0.29) is 42.7 Å². The molecule has 0 aliphatic carbocycles. The van der Waals surface area contributed by atoms with E-state index >= 15 is 0 Å². The number of hydrogen-bond donors (Lipinski definition) is 1. The van der Waals surface area contributed by atoms with Gasteiger partial charge < -0.3 is 24.4 Å². The standard InChI is InChI=1S/C37H42N2O5/c1-6-19-38-31-14-10-9-13-30(31)37(35(38)42)24(2)34(36(3,4)27-15-17-29(43-5)18-16-27)32(44-37)21-33(41)39-22-26-12-8-7-11-25(26)20-28(39)23-40/h6-18,24,28,32,34,40H,1,19-23H2,2-5H3/t24-,28+,32+,34-,37+/m1/s1. The van der Waals surface area contributed by atoms with Crippen LogP contribution in [0.15, 0.2) is 85.5 Å². The highest BCUT2D eigenvalue weighted by atomic mass is 16.5. The summed E-state index contributed by atoms with van der Waals surface area (Å²) >= 11 is 0. The number of nitrogens with zero attached hydrogens (tertiary/aromatic N) is 2. The number of para-hydroxylation sites is 1. The summed E-state index contributed by atoms with van der Waals surface area (Å²) in [7, 11) is 1.65. The molecule has 7 nitrogen and oxygen atoms in total. The lowest BCUT2D eigenvalue weighted by Crippen LogP contribution is -2.48. The topological polar surface area (TPSA) is 79.3 Å². The summed E-state index contributed by atoms with van der Waals surface area (Å²) in [5.74, 6) is 0.132. The third kappa shape index (κ3) is 4.65. The SMILES string of the molecule is C=CCN1C(=O)[C@@]2(O[C@@H](CC(=O)N3Cc4ccccc4C[C@H]3CO)[C@H](C(C)(C)c3ccc(OC)cc3)[C@H]2C)c2ccccc21. The zero-order chi connectivity index (χ0) is 31.2. The average Bonchev–Trinajstić information content (AvgIpc) is 3.47. The lowest BCUT2D eigenvalue weighted by atomic mass is 9.63. The van der Waals surface area contributed by atoms with Crippen LogP contribution in [0.3, 0.4) is 0 Å². The molecule has 7 heteroatoms. The number of anilines is 1. The van der Waals surface area contributed by atoms with Crippen LogP contribution < -0.4 is 9.64 Å². The van der Waals surface area contributed by atoms with Crippen LogP contribution in [0.5, 0.6) is 5.75 Å². The van der Waals surface area contributed by atoms with Gasteiger partial charge in [0.1, 0.15) is 5.75 Å². The third-order valence-electron chi connectivity index (χ3n) is 10.3. The van der Waals surface area contributed by atoms with E-state index in [1.165, 1.54) is 0 Å². The van der Waals surface area contributed by atoms with Gasteiger partial charge in [-0.1, -0.05) is 81.4 Å². The number of aliphatic hydroxyl groups excluding tert-OH is 1. The van der Waals surface area contributed by atoms with E-state index in [0.29, 0.717) is 19.5 Å². The summed E-state index contributed by atoms with van der Waals surface area (Å²) in [6.45, 7) is 11.0. The number of aliphatic hydroxyl groups is 1. The van der Waals surface area contributed by atoms with E-state index in [4.69, 9.17) is 9.47 Å². The number of fused-ring (bicyclic) bond motifs is 3. The minimum absolute atomic E-state index is 0.0787. The summed E-state index contributed by atoms with van der Waals surface area (Å²) in [6.07, 6.45) is 1.89. The van der Waals surface area contributed by atoms with Crippen LogP contribution in [0.25, 0.3) is 0 Å². The van der Waals surface area contributed by atoms with Crippen molar-refractivity contribution in [3.05, 3.63) is 108 Å². The van der Waals surface area contributed by atoms with Gasteiger partial charge in [0.05, 0.1) is 38.0 Å². The minimum atomic E-state index is -1.23. The predicted molar refractivity (Wildman–Crippen MR) is 170 cm³/mol. The number of hydrogen-bond acceptors (Lipinski definition) is 5. The molecule has 1 saturated heterocycles. The molecule has 0 radical (unpaired) electrons. The molecule has 1 fully saturated rings. The Kier molecular flexibility index (Phi) is 7.89. The molecule has 3 aliphatic rings. The Bertz CT molecular complexity index is 1570. The molecule has 3 heterocycles. The zero-order valence-electron chi connectivity index (χ0n) is 26.0. The maximum absolute atomic E-state index is 14.5. The summed E-state index contributed by atoms with van der Waals surface area (Å²) in [5.41, 5.74) is 3.30. The van der Waals surface area contributed by atoms with Crippen molar-refractivity contribution in [3.8, 4) is 5.75 Å². The van der Waals surface area contributed by atoms with Gasteiger partial charge in [0, 0.05) is 30.5 Å². The quantitative estimate of drug-likeness (QED) is 0.354. The first-order valence-electron chi connectivity index (χ1n) is 15.5. The van der Waals surface area contributed by atoms with Gasteiger partial charge in [-0.05, 0) is 46.7 Å². The van der Waals surface area contributed by atoms with E-state index in [1.807, 2.05) is 54.6 Å². The Morgan fingerprint density at radius 3 is 2.45 bits per heavy atom. The Balaban J connectivity index is 1.41. The molecule has 0 unspecified atom stereocenters. The van der Waals surface area contributed by atoms with Crippen molar-refractivity contribution in [1.82, 2.24) is 4.90 Å². The van der Waals surface area contributed by atoms with Crippen molar-refractivity contribution < 1.29 is 24.2 Å². The molecule has 3 aromatic rings. The fourth-order valence-electron chi connectivity index (χ4n) is 8.11. The molecule has 5 atom stereocenters. The summed E-state index contributed by atoms with van der Waals surface area (Å²) in [6, 6.07) is 23.6. The summed E-state index contributed by atoms with van der Waals surface area (Å²) in [5, 5.41) is 10.3. The molecule has 2 amide bonds. The van der Waals surface area contributed by atoms with E-state index in [1.54, 1.807) is 23.0 Å². The third-order valence-corrected chi connectivity index (χ3v) is 10.3. The van der Waals surface area contributed by atoms with E-state index in [9.17, 15) is 14.7 Å². The second-order valence-electron chi connectivity index (χ2n) is 12.9. The Labute approximate surface area is 260 Å². The van der Waals surface area contributed by atoms with E-state index in [2.05, 4.69) is 45.5 Å². The first-order valence-corrected chi connectivity index (χ1v) is 15.5. The van der Waals surface area contributed by atoms with Crippen molar-refractivity contribution in [3.63, 3.8) is 0 Å². The normalized spacial score (nSPS) is 26.1. The van der Waals surface area contributed by atoms with Crippen LogP contribution in [0.2, 0.25) is 0 Å². The van der Waals surface area contributed by atoms with E-state index < -0.39 is 17.1 Å². The monoisotopic (exact) mass is 594 g/mol. The van der Waals surface area contributed by atoms with Crippen molar-refractivity contribution >= 4 is 17.5 Å². The minimum Gasteiger partial charge on any atom is -0.497 e. The molecule has 0 bridgehead atoms. The van der Waals surface area contributed by atoms with Gasteiger partial charge >= 0.3 is 0 Å². The Morgan fingerprint density at radius 1 is 1.09 bits per heavy atom. The number of methoxy groups -OCH3 is 1. The Morgan fingerprint density at radius 2 is 1.77 bits per heavy atom. The fraction of sp³-hybridized carbons (Fsp3) is 0.405. The van der Waals surface area contributed by atoms with Crippen molar-refractivity contribution in [2.45, 2.75) is 63.3 Å². The molecule has 3 aromatic carbocycles. The highest BCUT2D eigenvalue weighted by Gasteiger charge is 2.66. The second kappa shape index (κ2) is 11.5. The number of rotatable bonds is 8. The van der Waals surface area contributed by atoms with Gasteiger partial charge in [0.2, 0.25) is 5.91 Å². The van der Waals surface area contributed by atoms with Crippen LogP contribution in [-0.2, 0) is 38.3 Å². The van der Waals surface area contributed by atoms with Gasteiger partial charge in [-0.15, -0.1) is 6.58 Å². The first kappa shape index (κ1) is 30.1. The molecule has 0 aromatic heterocycles. The fourth-order valence-corrected chi connectivity index (χ4v) is 8.11. The van der Waals surface area contributed by atoms with Crippen LogP contribution in [0.4, 0.5) is 5.69 Å². The summed E-state index contributed by atoms with van der Waals surface area (Å²) < 4.78 is 12.5. The predicted octanol–water partition coefficient (Wildman–Crippen LogP) is 5.39. The van der Waals surface area contributed by atoms with Gasteiger partial charge in [-0.25, -0.2) is 0 Å². The molecule has 44 heavy (non-hydrogen) atoms. The van der Waals surface area contributed by atoms with Gasteiger partial charge in [0.15, 0.2) is 5.60 Å². The molecule has 1 spiro atoms. The molecule has 230 valence electrons. The lowest BCUT2D eigenvalue weighted by Gasteiger charge is -2.40. The number of carbonyl (C=O) groups excluding carboxylic acids is 2. The Hall–Kier alpha value is -3.94. The smallest absolute Gasteiger partial charge is 0.264 e. The van der Waals surface area contributed by atoms with Crippen molar-refractivity contribution in [1.29, 1.82) is 0 Å². The maximum Gasteiger partial charge on any atom is 0.264 e. The van der Waals surface area contributed by atoms with Crippen LogP contribution >= 0.6 is 0 Å². The van der Waals surface area contributed by atoms with Gasteiger partial charge in [0.25, 0.3) is 5.91 Å². The largest absolute Gasteiger partial charge is 0.497 e.